The van der Waals surface area contributed by atoms with Crippen LogP contribution in [0.15, 0.2) is 73.8 Å². The van der Waals surface area contributed by atoms with Gasteiger partial charge in [-0.1, -0.05) is 54.6 Å². The molecule has 0 aliphatic carbocycles. The fourth-order valence-electron chi connectivity index (χ4n) is 7.87. The normalized spacial score (nSPS) is 25.0. The predicted molar refractivity (Wildman–Crippen MR) is 186 cm³/mol. The molecule has 3 saturated heterocycles. The van der Waals surface area contributed by atoms with Gasteiger partial charge in [0.15, 0.2) is 0 Å². The van der Waals surface area contributed by atoms with Crippen molar-refractivity contribution in [2.75, 3.05) is 24.6 Å². The summed E-state index contributed by atoms with van der Waals surface area (Å²) in [5.41, 5.74) is 2.11. The maximum atomic E-state index is 14.8. The topological polar surface area (TPSA) is 125 Å². The van der Waals surface area contributed by atoms with Crippen LogP contribution in [0.2, 0.25) is 0 Å². The van der Waals surface area contributed by atoms with Crippen LogP contribution >= 0.6 is 0 Å². The number of nitrogens with one attached hydrogen (secondary N) is 1. The number of carbonyl (C=O) groups is 4. The highest BCUT2D eigenvalue weighted by molar-refractivity contribution is 6.05. The highest BCUT2D eigenvalue weighted by Gasteiger charge is 2.75. The molecule has 7 atom stereocenters. The summed E-state index contributed by atoms with van der Waals surface area (Å²) >= 11 is 0. The molecule has 3 heterocycles. The van der Waals surface area contributed by atoms with E-state index in [9.17, 15) is 24.3 Å². The molecule has 1 spiro atoms. The Labute approximate surface area is 289 Å². The van der Waals surface area contributed by atoms with Gasteiger partial charge in [-0.05, 0) is 75.6 Å². The molecule has 2 N–H and O–H groups in total. The number of unbranched alkanes of at least 4 members (excludes halogenated alkanes) is 1. The first-order valence-electron chi connectivity index (χ1n) is 17.3. The lowest BCUT2D eigenvalue weighted by Crippen LogP contribution is -2.56. The van der Waals surface area contributed by atoms with E-state index in [4.69, 9.17) is 9.47 Å². The van der Waals surface area contributed by atoms with E-state index in [1.54, 1.807) is 28.9 Å². The van der Waals surface area contributed by atoms with Crippen molar-refractivity contribution in [1.82, 2.24) is 10.2 Å². The van der Waals surface area contributed by atoms with Gasteiger partial charge in [0.05, 0.1) is 24.0 Å². The summed E-state index contributed by atoms with van der Waals surface area (Å²) in [7, 11) is 0. The zero-order chi connectivity index (χ0) is 35.3. The van der Waals surface area contributed by atoms with Crippen LogP contribution in [-0.4, -0.2) is 77.2 Å². The molecule has 3 aliphatic heterocycles. The van der Waals surface area contributed by atoms with Gasteiger partial charge >= 0.3 is 5.97 Å². The molecule has 5 rings (SSSR count). The Bertz CT molecular complexity index is 1560. The number of allylic oxidation sites excluding steroid dienone is 1. The number of anilines is 1. The van der Waals surface area contributed by atoms with Crippen LogP contribution < -0.4 is 10.2 Å². The Hall–Kier alpha value is -4.28. The average molecular weight is 672 g/mol. The number of rotatable bonds is 16. The van der Waals surface area contributed by atoms with Gasteiger partial charge in [-0.3, -0.25) is 19.2 Å². The number of ether oxygens (including phenoxy) is 2. The van der Waals surface area contributed by atoms with E-state index in [0.29, 0.717) is 37.7 Å². The van der Waals surface area contributed by atoms with Gasteiger partial charge < -0.3 is 29.7 Å². The van der Waals surface area contributed by atoms with Gasteiger partial charge in [0.2, 0.25) is 11.8 Å². The summed E-state index contributed by atoms with van der Waals surface area (Å²) in [5.74, 6) is -3.23. The number of likely N-dealkylation sites (tertiary alicyclic amines) is 1. The highest BCUT2D eigenvalue weighted by Crippen LogP contribution is 2.59. The number of hydrogen-bond acceptors (Lipinski definition) is 7. The number of aryl methyl sites for hydroxylation is 2. The zero-order valence-corrected chi connectivity index (χ0v) is 28.8. The zero-order valence-electron chi connectivity index (χ0n) is 28.8. The molecule has 3 aliphatic rings. The lowest BCUT2D eigenvalue weighted by Gasteiger charge is -2.37. The van der Waals surface area contributed by atoms with Gasteiger partial charge in [0, 0.05) is 31.8 Å². The molecule has 3 amide bonds. The molecule has 10 nitrogen and oxygen atoms in total. The number of aliphatic hydroxyl groups is 1. The van der Waals surface area contributed by atoms with E-state index in [1.807, 2.05) is 62.4 Å². The predicted octanol–water partition coefficient (Wildman–Crippen LogP) is 4.72. The monoisotopic (exact) mass is 671 g/mol. The van der Waals surface area contributed by atoms with Crippen LogP contribution in [-0.2, 0) is 28.7 Å². The van der Waals surface area contributed by atoms with E-state index < -0.39 is 47.7 Å². The number of esters is 1. The lowest BCUT2D eigenvalue weighted by atomic mass is 9.70. The summed E-state index contributed by atoms with van der Waals surface area (Å²) in [5, 5.41) is 12.5. The van der Waals surface area contributed by atoms with E-state index in [2.05, 4.69) is 18.5 Å². The van der Waals surface area contributed by atoms with Crippen molar-refractivity contribution < 1.29 is 33.8 Å². The van der Waals surface area contributed by atoms with Gasteiger partial charge in [-0.2, -0.15) is 0 Å². The summed E-state index contributed by atoms with van der Waals surface area (Å²) in [4.78, 5) is 59.5. The molecule has 262 valence electrons. The Balaban J connectivity index is 1.48. The fourth-order valence-corrected chi connectivity index (χ4v) is 7.87. The van der Waals surface area contributed by atoms with Crippen molar-refractivity contribution in [3.63, 3.8) is 0 Å². The minimum Gasteiger partial charge on any atom is -0.455 e. The fraction of sp³-hybridized carbons (Fsp3) is 0.487. The van der Waals surface area contributed by atoms with Crippen LogP contribution in [0.1, 0.15) is 68.2 Å². The van der Waals surface area contributed by atoms with E-state index >= 15 is 0 Å². The van der Waals surface area contributed by atoms with E-state index in [0.717, 1.165) is 16.8 Å². The second-order valence-corrected chi connectivity index (χ2v) is 13.5. The number of aliphatic hydroxyl groups excluding tert-OH is 1. The van der Waals surface area contributed by atoms with Crippen molar-refractivity contribution in [2.24, 2.45) is 11.8 Å². The maximum Gasteiger partial charge on any atom is 0.313 e. The Morgan fingerprint density at radius 2 is 1.90 bits per heavy atom. The van der Waals surface area contributed by atoms with Crippen molar-refractivity contribution in [3.05, 3.63) is 90.5 Å². The number of hydrogen-bond donors (Lipinski definition) is 2. The molecule has 2 bridgehead atoms. The molecule has 0 unspecified atom stereocenters. The second kappa shape index (κ2) is 15.5. The van der Waals surface area contributed by atoms with Crippen LogP contribution in [0.3, 0.4) is 0 Å². The average Bonchev–Trinajstić information content (AvgIpc) is 3.73. The number of amides is 3. The smallest absolute Gasteiger partial charge is 0.313 e. The standard InChI is InChI=1S/C39H49N3O7/c1-6-8-16-31(44)40-27(5)34(28-14-10-9-11-15-28)48-38(47)32-30-19-20-39(49-30)33(32)36(45)42(22-12-13-23-43)35(39)37(46)41(21-7-2)29-24-25(3)17-18-26(29)4/h6-7,9-11,14-15,17-18,24,27,30,32-35,43H,1-2,8,12-13,16,19-23H2,3-5H3,(H,40,44)/t27-,30-,32+,33+,34-,35-,39+/m1/s1. The maximum absolute atomic E-state index is 14.8. The van der Waals surface area contributed by atoms with E-state index in [1.165, 1.54) is 0 Å². The van der Waals surface area contributed by atoms with Gasteiger partial charge in [-0.15, -0.1) is 13.2 Å². The Morgan fingerprint density at radius 1 is 1.14 bits per heavy atom. The molecule has 2 aromatic carbocycles. The van der Waals surface area contributed by atoms with Gasteiger partial charge in [0.1, 0.15) is 17.7 Å². The first kappa shape index (κ1) is 36.0. The third-order valence-electron chi connectivity index (χ3n) is 10.1. The number of benzene rings is 2. The highest BCUT2D eigenvalue weighted by atomic mass is 16.6. The van der Waals surface area contributed by atoms with Crippen molar-refractivity contribution in [3.8, 4) is 0 Å². The van der Waals surface area contributed by atoms with Crippen LogP contribution in [0.25, 0.3) is 0 Å². The molecular formula is C39H49N3O7. The molecule has 49 heavy (non-hydrogen) atoms. The van der Waals surface area contributed by atoms with Crippen LogP contribution in [0.5, 0.6) is 0 Å². The summed E-state index contributed by atoms with van der Waals surface area (Å²) < 4.78 is 12.9. The lowest BCUT2D eigenvalue weighted by molar-refractivity contribution is -0.162. The number of carbonyl (C=O) groups excluding carboxylic acids is 4. The minimum absolute atomic E-state index is 0.0446. The third-order valence-corrected chi connectivity index (χ3v) is 10.1. The molecule has 2 aromatic rings. The Morgan fingerprint density at radius 3 is 2.59 bits per heavy atom. The van der Waals surface area contributed by atoms with Crippen molar-refractivity contribution in [1.29, 1.82) is 0 Å². The third kappa shape index (κ3) is 7.07. The van der Waals surface area contributed by atoms with Crippen molar-refractivity contribution in [2.45, 2.75) is 89.2 Å². The van der Waals surface area contributed by atoms with E-state index in [-0.39, 0.29) is 43.8 Å². The first-order valence-corrected chi connectivity index (χ1v) is 17.3. The molecule has 10 heteroatoms. The SMILES string of the molecule is C=CCCC(=O)N[C@H](C)[C@@H](OC(=O)[C@@H]1[C@H]2C(=O)N(CCCCO)[C@H](C(=O)N(CC=C)c3cc(C)ccc3C)[C@]23CC[C@H]1O3)c1ccccc1. The molecule has 0 radical (unpaired) electrons. The quantitative estimate of drug-likeness (QED) is 0.150. The second-order valence-electron chi connectivity index (χ2n) is 13.5. The number of nitrogens with zero attached hydrogens (tertiary/aromatic N) is 2. The largest absolute Gasteiger partial charge is 0.455 e. The minimum atomic E-state index is -1.22. The first-order chi connectivity index (χ1) is 23.6. The number of fused-ring (bicyclic) bond motifs is 1. The molecule has 3 fully saturated rings. The summed E-state index contributed by atoms with van der Waals surface area (Å²) in [6.07, 6.45) is 4.57. The molecular weight excluding hydrogens is 622 g/mol. The molecule has 0 aromatic heterocycles. The summed E-state index contributed by atoms with van der Waals surface area (Å²) in [6, 6.07) is 13.6. The molecule has 0 saturated carbocycles. The Kier molecular flexibility index (Phi) is 11.4. The van der Waals surface area contributed by atoms with Crippen molar-refractivity contribution >= 4 is 29.4 Å². The summed E-state index contributed by atoms with van der Waals surface area (Å²) in [6.45, 7) is 13.7. The van der Waals surface area contributed by atoms with Crippen LogP contribution in [0, 0.1) is 25.7 Å². The van der Waals surface area contributed by atoms with Crippen LogP contribution in [0.4, 0.5) is 5.69 Å². The van der Waals surface area contributed by atoms with Gasteiger partial charge in [-0.25, -0.2) is 0 Å². The van der Waals surface area contributed by atoms with Gasteiger partial charge in [0.25, 0.3) is 5.91 Å².